The number of halogens is 3. The first-order valence-electron chi connectivity index (χ1n) is 9.54. The number of ether oxygens (including phenoxy) is 1. The van der Waals surface area contributed by atoms with Gasteiger partial charge in [-0.2, -0.15) is 4.39 Å². The van der Waals surface area contributed by atoms with Crippen molar-refractivity contribution in [1.29, 1.82) is 0 Å². The lowest BCUT2D eigenvalue weighted by molar-refractivity contribution is 0.0942. The van der Waals surface area contributed by atoms with Crippen LogP contribution in [-0.4, -0.2) is 22.7 Å². The van der Waals surface area contributed by atoms with Crippen LogP contribution in [0.3, 0.4) is 0 Å². The summed E-state index contributed by atoms with van der Waals surface area (Å²) < 4.78 is 35.0. The summed E-state index contributed by atoms with van der Waals surface area (Å²) in [5.74, 6) is -3.58. The number of anilines is 1. The van der Waals surface area contributed by atoms with E-state index >= 15 is 0 Å². The van der Waals surface area contributed by atoms with E-state index in [0.717, 1.165) is 18.9 Å². The Balaban J connectivity index is 1.62. The Hall–Kier alpha value is -3.24. The number of amides is 1. The minimum Gasteiger partial charge on any atom is -0.491 e. The molecule has 7 nitrogen and oxygen atoms in total. The molecule has 1 aliphatic rings. The molecule has 11 heteroatoms. The van der Waals surface area contributed by atoms with Gasteiger partial charge in [0.1, 0.15) is 5.56 Å². The monoisotopic (exact) mass is 478 g/mol. The van der Waals surface area contributed by atoms with E-state index in [4.69, 9.17) is 28.6 Å². The number of methoxy groups -OCH3 is 1. The highest BCUT2D eigenvalue weighted by Crippen LogP contribution is 2.40. The van der Waals surface area contributed by atoms with Gasteiger partial charge in [-0.3, -0.25) is 20.4 Å². The van der Waals surface area contributed by atoms with Gasteiger partial charge in [0, 0.05) is 22.9 Å². The molecule has 166 valence electrons. The molecule has 0 aliphatic heterocycles. The maximum atomic E-state index is 14.3. The zero-order chi connectivity index (χ0) is 23.0. The van der Waals surface area contributed by atoms with Crippen molar-refractivity contribution in [2.45, 2.75) is 18.9 Å². The third-order valence-electron chi connectivity index (χ3n) is 4.95. The summed E-state index contributed by atoms with van der Waals surface area (Å²) in [5.41, 5.74) is 4.59. The van der Waals surface area contributed by atoms with Gasteiger partial charge in [-0.1, -0.05) is 11.6 Å². The van der Waals surface area contributed by atoms with Gasteiger partial charge in [0.15, 0.2) is 16.7 Å². The van der Waals surface area contributed by atoms with Crippen molar-refractivity contribution in [2.24, 2.45) is 0 Å². The van der Waals surface area contributed by atoms with Gasteiger partial charge < -0.3 is 14.6 Å². The number of nitrogens with zero attached hydrogens (tertiary/aromatic N) is 1. The molecule has 1 amide bonds. The summed E-state index contributed by atoms with van der Waals surface area (Å²) in [6.07, 6.45) is 2.87. The van der Waals surface area contributed by atoms with Gasteiger partial charge in [0.2, 0.25) is 11.2 Å². The van der Waals surface area contributed by atoms with Gasteiger partial charge in [-0.15, -0.1) is 0 Å². The van der Waals surface area contributed by atoms with Crippen LogP contribution in [0.25, 0.3) is 10.9 Å². The van der Waals surface area contributed by atoms with Crippen molar-refractivity contribution in [3.8, 4) is 5.75 Å². The van der Waals surface area contributed by atoms with Crippen molar-refractivity contribution in [2.75, 3.05) is 12.4 Å². The average Bonchev–Trinajstić information content (AvgIpc) is 3.61. The number of carbonyl (C=O) groups excluding carboxylic acids is 1. The summed E-state index contributed by atoms with van der Waals surface area (Å²) in [6.45, 7) is 0. The Labute approximate surface area is 191 Å². The molecule has 1 aliphatic carbocycles. The molecule has 4 rings (SSSR count). The van der Waals surface area contributed by atoms with E-state index in [0.29, 0.717) is 10.7 Å². The van der Waals surface area contributed by atoms with Crippen LogP contribution in [0.15, 0.2) is 41.3 Å². The number of hydrogen-bond acceptors (Lipinski definition) is 4. The molecule has 32 heavy (non-hydrogen) atoms. The Morgan fingerprint density at radius 1 is 1.22 bits per heavy atom. The maximum Gasteiger partial charge on any atom is 0.275 e. The quantitative estimate of drug-likeness (QED) is 0.389. The second-order valence-corrected chi connectivity index (χ2v) is 8.00. The van der Waals surface area contributed by atoms with E-state index in [9.17, 15) is 18.4 Å². The van der Waals surface area contributed by atoms with Crippen molar-refractivity contribution in [3.05, 3.63) is 69.0 Å². The number of fused-ring (bicyclic) bond motifs is 1. The lowest BCUT2D eigenvalue weighted by atomic mass is 10.1. The zero-order valence-electron chi connectivity index (χ0n) is 16.7. The predicted octanol–water partition coefficient (Wildman–Crippen LogP) is 3.91. The average molecular weight is 479 g/mol. The lowest BCUT2D eigenvalue weighted by Gasteiger charge is -2.17. The highest BCUT2D eigenvalue weighted by Gasteiger charge is 2.30. The van der Waals surface area contributed by atoms with Crippen LogP contribution < -0.4 is 26.3 Å². The summed E-state index contributed by atoms with van der Waals surface area (Å²) >= 11 is 11.0. The van der Waals surface area contributed by atoms with E-state index in [1.165, 1.54) is 13.3 Å². The first-order chi connectivity index (χ1) is 15.3. The Morgan fingerprint density at radius 3 is 2.53 bits per heavy atom. The number of nitrogens with one attached hydrogen (secondary N) is 3. The third-order valence-corrected chi connectivity index (χ3v) is 5.40. The van der Waals surface area contributed by atoms with Crippen LogP contribution in [-0.2, 0) is 0 Å². The molecular formula is C21H17ClF2N4O3S. The topological polar surface area (TPSA) is 84.4 Å². The van der Waals surface area contributed by atoms with Crippen molar-refractivity contribution < 1.29 is 18.3 Å². The zero-order valence-corrected chi connectivity index (χ0v) is 18.2. The molecule has 0 spiro atoms. The van der Waals surface area contributed by atoms with Crippen LogP contribution in [0.4, 0.5) is 14.5 Å². The fraction of sp³-hybridized carbons (Fsp3) is 0.190. The normalized spacial score (nSPS) is 13.0. The first-order valence-corrected chi connectivity index (χ1v) is 10.3. The largest absolute Gasteiger partial charge is 0.491 e. The van der Waals surface area contributed by atoms with Crippen molar-refractivity contribution in [1.82, 2.24) is 15.4 Å². The lowest BCUT2D eigenvalue weighted by Crippen LogP contribution is -2.45. The minimum atomic E-state index is -1.24. The van der Waals surface area contributed by atoms with E-state index < -0.39 is 23.0 Å². The van der Waals surface area contributed by atoms with Crippen LogP contribution in [0.1, 0.15) is 29.2 Å². The number of carbonyl (C=O) groups is 1. The summed E-state index contributed by atoms with van der Waals surface area (Å²) in [7, 11) is 1.19. The second kappa shape index (κ2) is 8.71. The maximum absolute atomic E-state index is 14.3. The molecule has 0 atom stereocenters. The highest BCUT2D eigenvalue weighted by atomic mass is 35.5. The highest BCUT2D eigenvalue weighted by molar-refractivity contribution is 7.80. The molecule has 1 saturated carbocycles. The molecule has 0 radical (unpaired) electrons. The number of benzene rings is 2. The number of aromatic nitrogens is 1. The minimum absolute atomic E-state index is 0.0518. The van der Waals surface area contributed by atoms with E-state index in [2.05, 4.69) is 16.2 Å². The number of hydrogen-bond donors (Lipinski definition) is 3. The first kappa shape index (κ1) is 22.0. The number of thiocarbonyl (C=S) groups is 1. The molecule has 1 aromatic heterocycles. The van der Waals surface area contributed by atoms with Crippen LogP contribution >= 0.6 is 23.8 Å². The van der Waals surface area contributed by atoms with Crippen LogP contribution in [0, 0.1) is 11.6 Å². The molecular weight excluding hydrogens is 462 g/mol. The number of pyridine rings is 1. The van der Waals surface area contributed by atoms with Crippen molar-refractivity contribution in [3.63, 3.8) is 0 Å². The van der Waals surface area contributed by atoms with E-state index in [-0.39, 0.29) is 33.4 Å². The Bertz CT molecular complexity index is 1290. The van der Waals surface area contributed by atoms with Crippen LogP contribution in [0.5, 0.6) is 5.75 Å². The standard InChI is InChI=1S/C21H17ClF2N4O3S/c1-31-19-16(24)15(23)8-13-17(19)28(12-6-7-12)9-14(18(13)29)20(30)26-27-21(32)25-11-4-2-10(22)3-5-11/h2-5,8-9,12H,6-7H2,1H3,(H,26,30)(H2,25,27,32). The summed E-state index contributed by atoms with van der Waals surface area (Å²) in [4.78, 5) is 25.7. The summed E-state index contributed by atoms with van der Waals surface area (Å²) in [5, 5.41) is 3.32. The van der Waals surface area contributed by atoms with Crippen LogP contribution in [0.2, 0.25) is 5.02 Å². The molecule has 1 heterocycles. The molecule has 1 fully saturated rings. The molecule has 3 aromatic rings. The molecule has 0 unspecified atom stereocenters. The molecule has 0 bridgehead atoms. The molecule has 3 N–H and O–H groups in total. The molecule has 0 saturated heterocycles. The fourth-order valence-corrected chi connectivity index (χ4v) is 3.59. The van der Waals surface area contributed by atoms with Gasteiger partial charge in [-0.05, 0) is 55.4 Å². The smallest absolute Gasteiger partial charge is 0.275 e. The van der Waals surface area contributed by atoms with Gasteiger partial charge in [0.05, 0.1) is 18.0 Å². The Morgan fingerprint density at radius 2 is 1.91 bits per heavy atom. The third kappa shape index (κ3) is 4.23. The van der Waals surface area contributed by atoms with E-state index in [1.54, 1.807) is 28.8 Å². The second-order valence-electron chi connectivity index (χ2n) is 7.15. The van der Waals surface area contributed by atoms with Gasteiger partial charge >= 0.3 is 0 Å². The number of rotatable bonds is 4. The van der Waals surface area contributed by atoms with Crippen molar-refractivity contribution >= 4 is 51.4 Å². The number of hydrazine groups is 1. The van der Waals surface area contributed by atoms with Gasteiger partial charge in [-0.25, -0.2) is 4.39 Å². The fourth-order valence-electron chi connectivity index (χ4n) is 3.30. The van der Waals surface area contributed by atoms with E-state index in [1.807, 2.05) is 0 Å². The Kier molecular flexibility index (Phi) is 5.98. The summed E-state index contributed by atoms with van der Waals surface area (Å²) in [6, 6.07) is 7.44. The SMILES string of the molecule is COc1c(F)c(F)cc2c(=O)c(C(=O)NNC(=S)Nc3ccc(Cl)cc3)cn(C3CC3)c12. The van der Waals surface area contributed by atoms with Gasteiger partial charge in [0.25, 0.3) is 5.91 Å². The molecule has 2 aromatic carbocycles. The predicted molar refractivity (Wildman–Crippen MR) is 121 cm³/mol.